The van der Waals surface area contributed by atoms with Crippen LogP contribution in [0.1, 0.15) is 11.1 Å². The maximum Gasteiger partial charge on any atom is 0.231 e. The highest BCUT2D eigenvalue weighted by molar-refractivity contribution is 9.10. The Labute approximate surface area is 147 Å². The number of fused-ring (bicyclic) bond motifs is 1. The van der Waals surface area contributed by atoms with Crippen molar-refractivity contribution in [3.05, 3.63) is 58.1 Å². The van der Waals surface area contributed by atoms with Crippen molar-refractivity contribution in [3.63, 3.8) is 0 Å². The molecule has 23 heavy (non-hydrogen) atoms. The molecule has 2 N–H and O–H groups in total. The summed E-state index contributed by atoms with van der Waals surface area (Å²) in [4.78, 5) is 0. The topological polar surface area (TPSA) is 54.9 Å². The molecular weight excluding hydrogens is 378 g/mol. The number of nitrogens with one attached hydrogen (secondary N) is 2. The molecule has 1 aliphatic heterocycles. The highest BCUT2D eigenvalue weighted by atomic mass is 79.9. The highest BCUT2D eigenvalue weighted by Gasteiger charge is 2.15. The van der Waals surface area contributed by atoms with E-state index in [1.165, 1.54) is 0 Å². The summed E-state index contributed by atoms with van der Waals surface area (Å²) in [5.74, 6) is 1.43. The molecule has 2 aromatic carbocycles. The molecule has 1 aliphatic rings. The molecule has 0 bridgehead atoms. The molecule has 0 fully saturated rings. The molecule has 0 amide bonds. The molecule has 3 rings (SSSR count). The van der Waals surface area contributed by atoms with E-state index in [0.29, 0.717) is 17.4 Å². The average Bonchev–Trinajstić information content (AvgIpc) is 3.01. The zero-order chi connectivity index (χ0) is 16.1. The molecule has 5 nitrogen and oxygen atoms in total. The number of thiocarbonyl (C=S) groups is 1. The maximum absolute atomic E-state index is 5.35. The van der Waals surface area contributed by atoms with E-state index >= 15 is 0 Å². The summed E-state index contributed by atoms with van der Waals surface area (Å²) < 4.78 is 11.5. The SMILES string of the molecule is S=C(NCc1ccccc1)N/N=C\c1cc2c(cc1Br)OCO2. The Morgan fingerprint density at radius 3 is 2.74 bits per heavy atom. The first kappa shape index (κ1) is 15.8. The summed E-state index contributed by atoms with van der Waals surface area (Å²) in [6.07, 6.45) is 1.67. The van der Waals surface area contributed by atoms with Gasteiger partial charge in [0.05, 0.1) is 6.21 Å². The summed E-state index contributed by atoms with van der Waals surface area (Å²) in [5, 5.41) is 7.69. The molecular formula is C16H14BrN3O2S. The Kier molecular flexibility index (Phi) is 5.09. The largest absolute Gasteiger partial charge is 0.454 e. The van der Waals surface area contributed by atoms with Crippen LogP contribution in [0.25, 0.3) is 0 Å². The van der Waals surface area contributed by atoms with Gasteiger partial charge in [-0.25, -0.2) is 0 Å². The van der Waals surface area contributed by atoms with Crippen molar-refractivity contribution in [2.75, 3.05) is 6.79 Å². The Balaban J connectivity index is 1.53. The predicted octanol–water partition coefficient (Wildman–Crippen LogP) is 3.18. The molecule has 0 aromatic heterocycles. The number of hydrogen-bond acceptors (Lipinski definition) is 4. The smallest absolute Gasteiger partial charge is 0.231 e. The number of ether oxygens (including phenoxy) is 2. The van der Waals surface area contributed by atoms with Crippen LogP contribution >= 0.6 is 28.1 Å². The Bertz CT molecular complexity index is 738. The van der Waals surface area contributed by atoms with Gasteiger partial charge < -0.3 is 14.8 Å². The number of benzene rings is 2. The quantitative estimate of drug-likeness (QED) is 0.476. The van der Waals surface area contributed by atoms with Crippen LogP contribution in [0.3, 0.4) is 0 Å². The first-order valence-corrected chi connectivity index (χ1v) is 8.12. The summed E-state index contributed by atoms with van der Waals surface area (Å²) in [7, 11) is 0. The fraction of sp³-hybridized carbons (Fsp3) is 0.125. The van der Waals surface area contributed by atoms with Gasteiger partial charge in [0.15, 0.2) is 16.6 Å². The minimum Gasteiger partial charge on any atom is -0.454 e. The highest BCUT2D eigenvalue weighted by Crippen LogP contribution is 2.36. The Hall–Kier alpha value is -2.12. The van der Waals surface area contributed by atoms with Crippen LogP contribution in [0, 0.1) is 0 Å². The van der Waals surface area contributed by atoms with E-state index in [-0.39, 0.29) is 6.79 Å². The van der Waals surface area contributed by atoms with Gasteiger partial charge in [0, 0.05) is 16.6 Å². The van der Waals surface area contributed by atoms with Crippen molar-refractivity contribution in [1.29, 1.82) is 0 Å². The second-order valence-electron chi connectivity index (χ2n) is 4.77. The molecule has 0 atom stereocenters. The standard InChI is InChI=1S/C16H14BrN3O2S/c17-13-7-15-14(21-10-22-15)6-12(13)9-19-20-16(23)18-8-11-4-2-1-3-5-11/h1-7,9H,8,10H2,(H2,18,20,23)/b19-9-. The third kappa shape index (κ3) is 4.20. The van der Waals surface area contributed by atoms with Gasteiger partial charge in [-0.3, -0.25) is 5.43 Å². The van der Waals surface area contributed by atoms with E-state index in [9.17, 15) is 0 Å². The molecule has 1 heterocycles. The fourth-order valence-electron chi connectivity index (χ4n) is 2.01. The van der Waals surface area contributed by atoms with Crippen LogP contribution in [0.15, 0.2) is 52.0 Å². The summed E-state index contributed by atoms with van der Waals surface area (Å²) in [5.41, 5.74) is 4.81. The molecule has 0 saturated heterocycles. The van der Waals surface area contributed by atoms with Crippen LogP contribution < -0.4 is 20.2 Å². The lowest BCUT2D eigenvalue weighted by Crippen LogP contribution is -2.31. The first-order valence-electron chi connectivity index (χ1n) is 6.92. The van der Waals surface area contributed by atoms with Gasteiger partial charge in [-0.2, -0.15) is 5.10 Å². The first-order chi connectivity index (χ1) is 11.2. The van der Waals surface area contributed by atoms with E-state index < -0.39 is 0 Å². The number of hydrazone groups is 1. The van der Waals surface area contributed by atoms with Crippen molar-refractivity contribution in [1.82, 2.24) is 10.7 Å². The molecule has 2 aromatic rings. The minimum absolute atomic E-state index is 0.244. The van der Waals surface area contributed by atoms with Gasteiger partial charge in [-0.15, -0.1) is 0 Å². The van der Waals surface area contributed by atoms with Crippen molar-refractivity contribution in [2.45, 2.75) is 6.54 Å². The Morgan fingerprint density at radius 1 is 1.22 bits per heavy atom. The third-order valence-electron chi connectivity index (χ3n) is 3.16. The summed E-state index contributed by atoms with van der Waals surface area (Å²) in [6.45, 7) is 0.893. The molecule has 0 unspecified atom stereocenters. The van der Waals surface area contributed by atoms with Gasteiger partial charge in [0.25, 0.3) is 0 Å². The zero-order valence-corrected chi connectivity index (χ0v) is 14.5. The van der Waals surface area contributed by atoms with E-state index in [1.807, 2.05) is 42.5 Å². The second-order valence-corrected chi connectivity index (χ2v) is 6.03. The maximum atomic E-state index is 5.35. The molecule has 0 saturated carbocycles. The van der Waals surface area contributed by atoms with Crippen molar-refractivity contribution < 1.29 is 9.47 Å². The molecule has 0 spiro atoms. The normalized spacial score (nSPS) is 12.4. The fourth-order valence-corrected chi connectivity index (χ4v) is 2.56. The average molecular weight is 392 g/mol. The summed E-state index contributed by atoms with van der Waals surface area (Å²) in [6, 6.07) is 13.7. The van der Waals surface area contributed by atoms with Crippen LogP contribution in [-0.2, 0) is 6.54 Å². The van der Waals surface area contributed by atoms with E-state index in [4.69, 9.17) is 21.7 Å². The summed E-state index contributed by atoms with van der Waals surface area (Å²) >= 11 is 8.66. The van der Waals surface area contributed by atoms with Crippen molar-refractivity contribution in [2.24, 2.45) is 5.10 Å². The Morgan fingerprint density at radius 2 is 1.96 bits per heavy atom. The zero-order valence-electron chi connectivity index (χ0n) is 12.1. The number of halogens is 1. The predicted molar refractivity (Wildman–Crippen MR) is 96.9 cm³/mol. The molecule has 0 aliphatic carbocycles. The third-order valence-corrected chi connectivity index (χ3v) is 4.08. The number of nitrogens with zero attached hydrogens (tertiary/aromatic N) is 1. The van der Waals surface area contributed by atoms with Gasteiger partial charge in [-0.1, -0.05) is 30.3 Å². The lowest BCUT2D eigenvalue weighted by atomic mass is 10.2. The lowest BCUT2D eigenvalue weighted by molar-refractivity contribution is 0.174. The molecule has 0 radical (unpaired) electrons. The van der Waals surface area contributed by atoms with Crippen molar-refractivity contribution >= 4 is 39.5 Å². The van der Waals surface area contributed by atoms with E-state index in [0.717, 1.165) is 21.3 Å². The number of rotatable bonds is 4. The van der Waals surface area contributed by atoms with Gasteiger partial charge >= 0.3 is 0 Å². The van der Waals surface area contributed by atoms with Crippen LogP contribution in [0.4, 0.5) is 0 Å². The molecule has 118 valence electrons. The lowest BCUT2D eigenvalue weighted by Gasteiger charge is -2.07. The van der Waals surface area contributed by atoms with Gasteiger partial charge in [-0.05, 0) is 45.8 Å². The molecule has 7 heteroatoms. The van der Waals surface area contributed by atoms with Crippen LogP contribution in [0.2, 0.25) is 0 Å². The van der Waals surface area contributed by atoms with Gasteiger partial charge in [0.2, 0.25) is 6.79 Å². The minimum atomic E-state index is 0.244. The van der Waals surface area contributed by atoms with E-state index in [2.05, 4.69) is 31.8 Å². The number of hydrogen-bond donors (Lipinski definition) is 2. The van der Waals surface area contributed by atoms with Crippen LogP contribution in [0.5, 0.6) is 11.5 Å². The second kappa shape index (κ2) is 7.43. The monoisotopic (exact) mass is 391 g/mol. The van der Waals surface area contributed by atoms with Crippen LogP contribution in [-0.4, -0.2) is 18.1 Å². The van der Waals surface area contributed by atoms with Gasteiger partial charge in [0.1, 0.15) is 0 Å². The van der Waals surface area contributed by atoms with E-state index in [1.54, 1.807) is 6.21 Å². The van der Waals surface area contributed by atoms with Crippen molar-refractivity contribution in [3.8, 4) is 11.5 Å².